The van der Waals surface area contributed by atoms with Gasteiger partial charge >= 0.3 is 0 Å². The molecule has 0 spiro atoms. The van der Waals surface area contributed by atoms with Crippen molar-refractivity contribution in [1.29, 1.82) is 0 Å². The highest BCUT2D eigenvalue weighted by atomic mass is 16.5. The van der Waals surface area contributed by atoms with Gasteiger partial charge in [0.1, 0.15) is 0 Å². The van der Waals surface area contributed by atoms with Crippen molar-refractivity contribution >= 4 is 6.08 Å². The molecule has 0 fully saturated rings. The molecule has 0 saturated heterocycles. The Morgan fingerprint density at radius 3 is 1.92 bits per heavy atom. The third-order valence-corrected chi connectivity index (χ3v) is 3.25. The van der Waals surface area contributed by atoms with Crippen LogP contribution in [0.25, 0.3) is 6.08 Å². The molecule has 0 unspecified atom stereocenters. The maximum atomic E-state index is 5.52. The minimum Gasteiger partial charge on any atom is -0.502 e. The summed E-state index contributed by atoms with van der Waals surface area (Å²) < 4.78 is 21.5. The molecule has 0 aliphatic rings. The molecule has 134 valence electrons. The third-order valence-electron chi connectivity index (χ3n) is 3.25. The highest BCUT2D eigenvalue weighted by Gasteiger charge is 1.93. The summed E-state index contributed by atoms with van der Waals surface area (Å²) >= 11 is 0. The van der Waals surface area contributed by atoms with Gasteiger partial charge in [-0.1, -0.05) is 36.9 Å². The van der Waals surface area contributed by atoms with Gasteiger partial charge in [-0.15, -0.1) is 0 Å². The lowest BCUT2D eigenvalue weighted by molar-refractivity contribution is 0.0425. The molecule has 0 amide bonds. The molecule has 0 aliphatic heterocycles. The molecule has 24 heavy (non-hydrogen) atoms. The van der Waals surface area contributed by atoms with E-state index in [9.17, 15) is 0 Å². The molecular formula is C20H30O4. The Morgan fingerprint density at radius 1 is 0.708 bits per heavy atom. The van der Waals surface area contributed by atoms with Crippen LogP contribution in [0.2, 0.25) is 0 Å². The van der Waals surface area contributed by atoms with Gasteiger partial charge in [0, 0.05) is 13.2 Å². The Labute approximate surface area is 146 Å². The average molecular weight is 334 g/mol. The Hall–Kier alpha value is -1.78. The highest BCUT2D eigenvalue weighted by molar-refractivity contribution is 5.47. The van der Waals surface area contributed by atoms with E-state index in [4.69, 9.17) is 18.9 Å². The summed E-state index contributed by atoms with van der Waals surface area (Å²) in [7, 11) is 0. The zero-order valence-corrected chi connectivity index (χ0v) is 14.5. The molecule has 0 N–H and O–H groups in total. The third kappa shape index (κ3) is 12.7. The Balaban J connectivity index is 1.76. The number of unbranched alkanes of at least 4 members (excludes halogenated alkanes) is 2. The minimum atomic E-state index is 0.651. The van der Waals surface area contributed by atoms with E-state index in [2.05, 4.69) is 6.58 Å². The summed E-state index contributed by atoms with van der Waals surface area (Å²) in [6.45, 7) is 7.74. The van der Waals surface area contributed by atoms with Crippen molar-refractivity contribution in [3.8, 4) is 0 Å². The van der Waals surface area contributed by atoms with Crippen molar-refractivity contribution in [2.75, 3.05) is 39.6 Å². The van der Waals surface area contributed by atoms with Crippen molar-refractivity contribution in [2.45, 2.75) is 25.7 Å². The summed E-state index contributed by atoms with van der Waals surface area (Å²) in [6.07, 6.45) is 9.18. The average Bonchev–Trinajstić information content (AvgIpc) is 2.62. The van der Waals surface area contributed by atoms with Crippen LogP contribution < -0.4 is 0 Å². The predicted octanol–water partition coefficient (Wildman–Crippen LogP) is 4.43. The fraction of sp³-hybridized carbons (Fsp3) is 0.500. The molecule has 4 nitrogen and oxygen atoms in total. The zero-order valence-electron chi connectivity index (χ0n) is 14.5. The maximum Gasteiger partial charge on any atom is 0.0874 e. The molecular weight excluding hydrogens is 304 g/mol. The summed E-state index contributed by atoms with van der Waals surface area (Å²) in [5.41, 5.74) is 1.15. The molecule has 0 saturated carbocycles. The van der Waals surface area contributed by atoms with E-state index < -0.39 is 0 Å². The Morgan fingerprint density at radius 2 is 1.29 bits per heavy atom. The van der Waals surface area contributed by atoms with Crippen molar-refractivity contribution < 1.29 is 18.9 Å². The van der Waals surface area contributed by atoms with Gasteiger partial charge in [0.05, 0.1) is 39.0 Å². The van der Waals surface area contributed by atoms with Crippen molar-refractivity contribution in [3.05, 3.63) is 55.0 Å². The first kappa shape index (κ1) is 20.3. The lowest BCUT2D eigenvalue weighted by Gasteiger charge is -2.06. The number of hydrogen-bond acceptors (Lipinski definition) is 4. The molecule has 0 aliphatic carbocycles. The van der Waals surface area contributed by atoms with Crippen LogP contribution >= 0.6 is 0 Å². The largest absolute Gasteiger partial charge is 0.502 e. The van der Waals surface area contributed by atoms with Crippen LogP contribution in [-0.2, 0) is 18.9 Å². The summed E-state index contributed by atoms with van der Waals surface area (Å²) in [5.74, 6) is 0. The zero-order chi connectivity index (χ0) is 17.1. The van der Waals surface area contributed by atoms with Crippen LogP contribution in [0.4, 0.5) is 0 Å². The summed E-state index contributed by atoms with van der Waals surface area (Å²) in [4.78, 5) is 0. The van der Waals surface area contributed by atoms with Crippen molar-refractivity contribution in [3.63, 3.8) is 0 Å². The van der Waals surface area contributed by atoms with Gasteiger partial charge in [-0.3, -0.25) is 0 Å². The normalized spacial score (nSPS) is 10.8. The van der Waals surface area contributed by atoms with E-state index in [-0.39, 0.29) is 0 Å². The first-order chi connectivity index (χ1) is 11.9. The molecule has 0 aromatic heterocycles. The molecule has 1 rings (SSSR count). The van der Waals surface area contributed by atoms with Crippen LogP contribution in [-0.4, -0.2) is 39.6 Å². The van der Waals surface area contributed by atoms with Crippen molar-refractivity contribution in [1.82, 2.24) is 0 Å². The first-order valence-electron chi connectivity index (χ1n) is 8.64. The van der Waals surface area contributed by atoms with E-state index in [1.165, 1.54) is 6.26 Å². The van der Waals surface area contributed by atoms with Gasteiger partial charge in [0.2, 0.25) is 0 Å². The fourth-order valence-electron chi connectivity index (χ4n) is 1.94. The molecule has 0 bridgehead atoms. The van der Waals surface area contributed by atoms with Gasteiger partial charge in [0.15, 0.2) is 0 Å². The molecule has 0 radical (unpaired) electrons. The second-order valence-corrected chi connectivity index (χ2v) is 5.26. The molecule has 1 aromatic carbocycles. The topological polar surface area (TPSA) is 36.9 Å². The van der Waals surface area contributed by atoms with Gasteiger partial charge < -0.3 is 18.9 Å². The van der Waals surface area contributed by atoms with E-state index >= 15 is 0 Å². The van der Waals surface area contributed by atoms with Crippen LogP contribution in [0.1, 0.15) is 31.2 Å². The van der Waals surface area contributed by atoms with Gasteiger partial charge in [-0.2, -0.15) is 0 Å². The van der Waals surface area contributed by atoms with E-state index in [1.807, 2.05) is 36.4 Å². The van der Waals surface area contributed by atoms with Gasteiger partial charge in [0.25, 0.3) is 0 Å². The van der Waals surface area contributed by atoms with E-state index in [1.54, 1.807) is 6.26 Å². The minimum absolute atomic E-state index is 0.651. The SMILES string of the molecule is C=COCCCCOCCOCCCCOC=Cc1ccccc1. The van der Waals surface area contributed by atoms with Crippen LogP contribution in [0.5, 0.6) is 0 Å². The number of hydrogen-bond donors (Lipinski definition) is 0. The number of ether oxygens (including phenoxy) is 4. The smallest absolute Gasteiger partial charge is 0.0874 e. The number of benzene rings is 1. The Kier molecular flexibility index (Phi) is 13.6. The second-order valence-electron chi connectivity index (χ2n) is 5.26. The van der Waals surface area contributed by atoms with Gasteiger partial charge in [-0.05, 0) is 37.3 Å². The summed E-state index contributed by atoms with van der Waals surface area (Å²) in [6, 6.07) is 10.1. The molecule has 0 heterocycles. The molecule has 4 heteroatoms. The monoisotopic (exact) mass is 334 g/mol. The lowest BCUT2D eigenvalue weighted by atomic mass is 10.2. The highest BCUT2D eigenvalue weighted by Crippen LogP contribution is 2.01. The Bertz CT molecular complexity index is 417. The molecule has 1 aromatic rings. The summed E-state index contributed by atoms with van der Waals surface area (Å²) in [5, 5.41) is 0. The van der Waals surface area contributed by atoms with E-state index in [0.29, 0.717) is 19.8 Å². The first-order valence-corrected chi connectivity index (χ1v) is 8.64. The van der Waals surface area contributed by atoms with Crippen LogP contribution in [0.15, 0.2) is 49.4 Å². The number of rotatable bonds is 16. The predicted molar refractivity (Wildman–Crippen MR) is 97.7 cm³/mol. The van der Waals surface area contributed by atoms with Gasteiger partial charge in [-0.25, -0.2) is 0 Å². The quantitative estimate of drug-likeness (QED) is 0.331. The van der Waals surface area contributed by atoms with Crippen LogP contribution in [0.3, 0.4) is 0 Å². The van der Waals surface area contributed by atoms with Crippen LogP contribution in [0, 0.1) is 0 Å². The van der Waals surface area contributed by atoms with E-state index in [0.717, 1.165) is 51.1 Å². The second kappa shape index (κ2) is 16.1. The van der Waals surface area contributed by atoms with Crippen molar-refractivity contribution in [2.24, 2.45) is 0 Å². The maximum absolute atomic E-state index is 5.52. The standard InChI is InChI=1S/C20H30O4/c1-2-21-13-6-7-15-23-18-19-24-16-9-8-14-22-17-12-20-10-4-3-5-11-20/h2-5,10-12,17H,1,6-9,13-16,18-19H2. The molecule has 0 atom stereocenters. The lowest BCUT2D eigenvalue weighted by Crippen LogP contribution is -2.07. The fourth-order valence-corrected chi connectivity index (χ4v) is 1.94.